The minimum Gasteiger partial charge on any atom is -0.368 e. The van der Waals surface area contributed by atoms with Crippen LogP contribution in [0.25, 0.3) is 10.9 Å². The summed E-state index contributed by atoms with van der Waals surface area (Å²) in [5.41, 5.74) is 3.30. The average Bonchev–Trinajstić information content (AvgIpc) is 2.38. The van der Waals surface area contributed by atoms with E-state index in [-0.39, 0.29) is 12.4 Å². The Morgan fingerprint density at radius 2 is 1.95 bits per heavy atom. The Kier molecular flexibility index (Phi) is 4.50. The van der Waals surface area contributed by atoms with Crippen LogP contribution in [0.2, 0.25) is 5.02 Å². The van der Waals surface area contributed by atoms with E-state index >= 15 is 0 Å². The van der Waals surface area contributed by atoms with Gasteiger partial charge in [-0.2, -0.15) is 0 Å². The molecule has 0 saturated carbocycles. The molecule has 1 saturated heterocycles. The van der Waals surface area contributed by atoms with Crippen LogP contribution in [0, 0.1) is 6.92 Å². The van der Waals surface area contributed by atoms with Crippen LogP contribution in [0.3, 0.4) is 0 Å². The Hall–Kier alpha value is -1.03. The van der Waals surface area contributed by atoms with Crippen molar-refractivity contribution in [2.45, 2.75) is 6.92 Å². The molecule has 0 spiro atoms. The van der Waals surface area contributed by atoms with Crippen LogP contribution in [0.4, 0.5) is 5.69 Å². The number of halogens is 2. The van der Waals surface area contributed by atoms with Gasteiger partial charge >= 0.3 is 0 Å². The first-order valence-electron chi connectivity index (χ1n) is 6.26. The summed E-state index contributed by atoms with van der Waals surface area (Å²) in [6.07, 6.45) is 0. The predicted molar refractivity (Wildman–Crippen MR) is 83.8 cm³/mol. The lowest BCUT2D eigenvalue weighted by Crippen LogP contribution is -2.43. The predicted octanol–water partition coefficient (Wildman–Crippen LogP) is 3.03. The largest absolute Gasteiger partial charge is 0.368 e. The number of aryl methyl sites for hydroxylation is 1. The second-order valence-corrected chi connectivity index (χ2v) is 5.12. The lowest BCUT2D eigenvalue weighted by molar-refractivity contribution is 0.590. The number of benzene rings is 1. The van der Waals surface area contributed by atoms with Crippen LogP contribution in [0.5, 0.6) is 0 Å². The summed E-state index contributed by atoms with van der Waals surface area (Å²) >= 11 is 6.05. The number of hydrogen-bond acceptors (Lipinski definition) is 3. The van der Waals surface area contributed by atoms with Crippen LogP contribution in [0.1, 0.15) is 5.69 Å². The summed E-state index contributed by atoms with van der Waals surface area (Å²) in [7, 11) is 0. The molecule has 102 valence electrons. The lowest BCUT2D eigenvalue weighted by atomic mass is 10.1. The number of fused-ring (bicyclic) bond motifs is 1. The molecule has 0 radical (unpaired) electrons. The highest BCUT2D eigenvalue weighted by atomic mass is 35.5. The van der Waals surface area contributed by atoms with Crippen molar-refractivity contribution in [3.05, 3.63) is 35.0 Å². The zero-order valence-corrected chi connectivity index (χ0v) is 12.4. The number of hydrogen-bond donors (Lipinski definition) is 1. The molecule has 1 aliphatic rings. The van der Waals surface area contributed by atoms with Gasteiger partial charge < -0.3 is 10.2 Å². The second-order valence-electron chi connectivity index (χ2n) is 4.68. The maximum Gasteiger partial charge on any atom is 0.0740 e. The van der Waals surface area contributed by atoms with Gasteiger partial charge in [-0.05, 0) is 31.2 Å². The lowest BCUT2D eigenvalue weighted by Gasteiger charge is -2.30. The molecule has 0 unspecified atom stereocenters. The molecule has 19 heavy (non-hydrogen) atoms. The summed E-state index contributed by atoms with van der Waals surface area (Å²) in [5.74, 6) is 0. The Balaban J connectivity index is 0.00000133. The number of piperazine rings is 1. The van der Waals surface area contributed by atoms with E-state index < -0.39 is 0 Å². The van der Waals surface area contributed by atoms with E-state index in [1.54, 1.807) is 0 Å². The molecular weight excluding hydrogens is 281 g/mol. The Morgan fingerprint density at radius 1 is 1.21 bits per heavy atom. The van der Waals surface area contributed by atoms with E-state index in [2.05, 4.69) is 27.3 Å². The van der Waals surface area contributed by atoms with Crippen molar-refractivity contribution < 1.29 is 0 Å². The fourth-order valence-electron chi connectivity index (χ4n) is 2.48. The van der Waals surface area contributed by atoms with Gasteiger partial charge in [0.15, 0.2) is 0 Å². The van der Waals surface area contributed by atoms with Crippen molar-refractivity contribution in [1.29, 1.82) is 0 Å². The molecule has 3 nitrogen and oxygen atoms in total. The maximum absolute atomic E-state index is 6.05. The Morgan fingerprint density at radius 3 is 2.68 bits per heavy atom. The molecule has 2 heterocycles. The SMILES string of the molecule is Cc1cc(N2CCNCC2)c2ccc(Cl)cc2n1.Cl. The number of nitrogens with one attached hydrogen (secondary N) is 1. The van der Waals surface area contributed by atoms with Crippen molar-refractivity contribution in [2.75, 3.05) is 31.1 Å². The smallest absolute Gasteiger partial charge is 0.0740 e. The molecule has 1 fully saturated rings. The molecule has 1 aromatic carbocycles. The summed E-state index contributed by atoms with van der Waals surface area (Å²) in [6, 6.07) is 8.12. The van der Waals surface area contributed by atoms with Crippen molar-refractivity contribution in [3.63, 3.8) is 0 Å². The van der Waals surface area contributed by atoms with Gasteiger partial charge in [-0.15, -0.1) is 12.4 Å². The summed E-state index contributed by atoms with van der Waals surface area (Å²) in [4.78, 5) is 6.98. The summed E-state index contributed by atoms with van der Waals surface area (Å²) in [5, 5.41) is 5.31. The number of nitrogens with zero attached hydrogens (tertiary/aromatic N) is 2. The number of aromatic nitrogens is 1. The van der Waals surface area contributed by atoms with E-state index in [9.17, 15) is 0 Å². The third-order valence-electron chi connectivity index (χ3n) is 3.34. The first-order chi connectivity index (χ1) is 8.74. The van der Waals surface area contributed by atoms with E-state index in [0.717, 1.165) is 42.4 Å². The van der Waals surface area contributed by atoms with Crippen molar-refractivity contribution in [1.82, 2.24) is 10.3 Å². The van der Waals surface area contributed by atoms with Crippen molar-refractivity contribution >= 4 is 40.6 Å². The fourth-order valence-corrected chi connectivity index (χ4v) is 2.65. The minimum absolute atomic E-state index is 0. The summed E-state index contributed by atoms with van der Waals surface area (Å²) < 4.78 is 0. The van der Waals surface area contributed by atoms with Crippen molar-refractivity contribution in [3.8, 4) is 0 Å². The van der Waals surface area contributed by atoms with Crippen LogP contribution in [0.15, 0.2) is 24.3 Å². The highest BCUT2D eigenvalue weighted by Gasteiger charge is 2.14. The molecule has 3 rings (SSSR count). The van der Waals surface area contributed by atoms with Crippen molar-refractivity contribution in [2.24, 2.45) is 0 Å². The van der Waals surface area contributed by atoms with E-state index in [0.29, 0.717) is 0 Å². The van der Waals surface area contributed by atoms with E-state index in [1.165, 1.54) is 11.1 Å². The third-order valence-corrected chi connectivity index (χ3v) is 3.57. The van der Waals surface area contributed by atoms with Crippen LogP contribution < -0.4 is 10.2 Å². The zero-order valence-electron chi connectivity index (χ0n) is 10.8. The topological polar surface area (TPSA) is 28.2 Å². The monoisotopic (exact) mass is 297 g/mol. The molecule has 1 aliphatic heterocycles. The molecule has 0 bridgehead atoms. The van der Waals surface area contributed by atoms with Gasteiger partial charge in [0.2, 0.25) is 0 Å². The average molecular weight is 298 g/mol. The number of rotatable bonds is 1. The van der Waals surface area contributed by atoms with Gasteiger partial charge in [0, 0.05) is 48.0 Å². The van der Waals surface area contributed by atoms with Gasteiger partial charge in [0.1, 0.15) is 0 Å². The zero-order chi connectivity index (χ0) is 12.5. The minimum atomic E-state index is 0. The molecule has 1 aromatic heterocycles. The summed E-state index contributed by atoms with van der Waals surface area (Å²) in [6.45, 7) is 6.20. The number of pyridine rings is 1. The fraction of sp³-hybridized carbons (Fsp3) is 0.357. The van der Waals surface area contributed by atoms with Gasteiger partial charge in [0.05, 0.1) is 5.52 Å². The molecule has 0 amide bonds. The van der Waals surface area contributed by atoms with Gasteiger partial charge in [-0.25, -0.2) is 0 Å². The highest BCUT2D eigenvalue weighted by Crippen LogP contribution is 2.28. The Labute approximate surface area is 124 Å². The molecule has 1 N–H and O–H groups in total. The molecule has 0 atom stereocenters. The van der Waals surface area contributed by atoms with Gasteiger partial charge in [-0.3, -0.25) is 4.98 Å². The maximum atomic E-state index is 6.05. The Bertz CT molecular complexity index is 575. The van der Waals surface area contributed by atoms with E-state index in [1.807, 2.05) is 19.1 Å². The van der Waals surface area contributed by atoms with Crippen LogP contribution in [-0.2, 0) is 0 Å². The highest BCUT2D eigenvalue weighted by molar-refractivity contribution is 6.31. The van der Waals surface area contributed by atoms with Gasteiger partial charge in [-0.1, -0.05) is 11.6 Å². The normalized spacial score (nSPS) is 15.4. The van der Waals surface area contributed by atoms with Crippen LogP contribution >= 0.6 is 24.0 Å². The first kappa shape index (κ1) is 14.4. The van der Waals surface area contributed by atoms with Crippen LogP contribution in [-0.4, -0.2) is 31.2 Å². The molecule has 0 aliphatic carbocycles. The quantitative estimate of drug-likeness (QED) is 0.877. The standard InChI is InChI=1S/C14H16ClN3.ClH/c1-10-8-14(18-6-4-16-5-7-18)12-3-2-11(15)9-13(12)17-10;/h2-3,8-9,16H,4-7H2,1H3;1H. The third kappa shape index (κ3) is 2.94. The molecular formula is C14H17Cl2N3. The van der Waals surface area contributed by atoms with E-state index in [4.69, 9.17) is 11.6 Å². The van der Waals surface area contributed by atoms with Gasteiger partial charge in [0.25, 0.3) is 0 Å². The number of anilines is 1. The molecule has 2 aromatic rings. The second kappa shape index (κ2) is 5.95. The molecule has 5 heteroatoms. The first-order valence-corrected chi connectivity index (χ1v) is 6.64.